The van der Waals surface area contributed by atoms with E-state index >= 15 is 0 Å². The quantitative estimate of drug-likeness (QED) is 0.915. The number of methoxy groups -OCH3 is 2. The zero-order valence-corrected chi connectivity index (χ0v) is 12.5. The number of rotatable bonds is 5. The summed E-state index contributed by atoms with van der Waals surface area (Å²) in [6.45, 7) is 2.03. The Hall–Kier alpha value is -2.50. The van der Waals surface area contributed by atoms with Crippen LogP contribution in [0.1, 0.15) is 23.0 Å². The van der Waals surface area contributed by atoms with Crippen molar-refractivity contribution in [3.8, 4) is 22.8 Å². The Bertz CT molecular complexity index is 677. The highest BCUT2D eigenvalue weighted by Crippen LogP contribution is 2.36. The average Bonchev–Trinajstić information content (AvgIpc) is 2.87. The molecule has 0 aliphatic carbocycles. The maximum atomic E-state index is 11.0. The molecule has 112 valence electrons. The lowest BCUT2D eigenvalue weighted by Gasteiger charge is -2.14. The number of aryl methyl sites for hydroxylation is 2. The Balaban J connectivity index is 2.64. The number of carbonyl (C=O) groups is 1. The van der Waals surface area contributed by atoms with E-state index < -0.39 is 5.97 Å². The minimum atomic E-state index is -1.06. The first-order valence-electron chi connectivity index (χ1n) is 6.54. The van der Waals surface area contributed by atoms with Crippen LogP contribution in [0.5, 0.6) is 11.5 Å². The second-order valence-electron chi connectivity index (χ2n) is 4.56. The molecule has 0 bridgehead atoms. The van der Waals surface area contributed by atoms with Gasteiger partial charge in [-0.25, -0.2) is 4.79 Å². The van der Waals surface area contributed by atoms with E-state index in [1.54, 1.807) is 21.3 Å². The van der Waals surface area contributed by atoms with E-state index in [9.17, 15) is 4.79 Å². The summed E-state index contributed by atoms with van der Waals surface area (Å²) >= 11 is 0. The van der Waals surface area contributed by atoms with E-state index in [0.717, 1.165) is 23.3 Å². The van der Waals surface area contributed by atoms with Crippen molar-refractivity contribution in [2.45, 2.75) is 13.3 Å². The van der Waals surface area contributed by atoms with Crippen LogP contribution in [-0.4, -0.2) is 35.1 Å². The fourth-order valence-electron chi connectivity index (χ4n) is 2.27. The van der Waals surface area contributed by atoms with Gasteiger partial charge in [-0.3, -0.25) is 4.68 Å². The van der Waals surface area contributed by atoms with Crippen LogP contribution < -0.4 is 9.47 Å². The summed E-state index contributed by atoms with van der Waals surface area (Å²) in [6.07, 6.45) is 0.795. The molecule has 6 heteroatoms. The van der Waals surface area contributed by atoms with Gasteiger partial charge in [-0.15, -0.1) is 0 Å². The van der Waals surface area contributed by atoms with Gasteiger partial charge in [0.2, 0.25) is 0 Å². The molecular weight excluding hydrogens is 272 g/mol. The third-order valence-corrected chi connectivity index (χ3v) is 3.36. The molecule has 0 atom stereocenters. The van der Waals surface area contributed by atoms with Crippen LogP contribution in [0.3, 0.4) is 0 Å². The van der Waals surface area contributed by atoms with Crippen molar-refractivity contribution in [1.29, 1.82) is 0 Å². The Morgan fingerprint density at radius 3 is 2.38 bits per heavy atom. The standard InChI is InChI=1S/C15H18N2O4/c1-5-9-6-10(14(21-4)8-13(9)20-3)12-7-11(15(18)19)16-17(12)2/h6-8H,5H2,1-4H3,(H,18,19). The number of benzene rings is 1. The topological polar surface area (TPSA) is 73.6 Å². The molecule has 0 saturated heterocycles. The number of ether oxygens (including phenoxy) is 2. The molecule has 1 aromatic heterocycles. The summed E-state index contributed by atoms with van der Waals surface area (Å²) in [4.78, 5) is 11.0. The van der Waals surface area contributed by atoms with Gasteiger partial charge in [0, 0.05) is 18.7 Å². The van der Waals surface area contributed by atoms with Gasteiger partial charge < -0.3 is 14.6 Å². The SMILES string of the molecule is CCc1cc(-c2cc(C(=O)O)nn2C)c(OC)cc1OC. The summed E-state index contributed by atoms with van der Waals surface area (Å²) < 4.78 is 12.3. The summed E-state index contributed by atoms with van der Waals surface area (Å²) in [5, 5.41) is 13.0. The molecule has 0 aliphatic rings. The van der Waals surface area contributed by atoms with Crippen molar-refractivity contribution >= 4 is 5.97 Å². The second kappa shape index (κ2) is 5.87. The third-order valence-electron chi connectivity index (χ3n) is 3.36. The highest BCUT2D eigenvalue weighted by molar-refractivity contribution is 5.87. The van der Waals surface area contributed by atoms with E-state index in [2.05, 4.69) is 5.10 Å². The maximum absolute atomic E-state index is 11.0. The van der Waals surface area contributed by atoms with Crippen molar-refractivity contribution in [2.75, 3.05) is 14.2 Å². The summed E-state index contributed by atoms with van der Waals surface area (Å²) in [7, 11) is 4.88. The normalized spacial score (nSPS) is 10.5. The van der Waals surface area contributed by atoms with E-state index in [0.29, 0.717) is 11.4 Å². The van der Waals surface area contributed by atoms with Crippen LogP contribution in [0, 0.1) is 0 Å². The van der Waals surface area contributed by atoms with E-state index in [4.69, 9.17) is 14.6 Å². The fraction of sp³-hybridized carbons (Fsp3) is 0.333. The molecule has 0 unspecified atom stereocenters. The molecule has 1 heterocycles. The summed E-state index contributed by atoms with van der Waals surface area (Å²) in [6, 6.07) is 5.29. The van der Waals surface area contributed by atoms with Gasteiger partial charge in [0.15, 0.2) is 5.69 Å². The molecule has 0 aliphatic heterocycles. The van der Waals surface area contributed by atoms with Crippen molar-refractivity contribution in [2.24, 2.45) is 7.05 Å². The minimum Gasteiger partial charge on any atom is -0.496 e. The lowest BCUT2D eigenvalue weighted by atomic mass is 10.0. The molecule has 6 nitrogen and oxygen atoms in total. The van der Waals surface area contributed by atoms with Crippen LogP contribution in [0.4, 0.5) is 0 Å². The largest absolute Gasteiger partial charge is 0.496 e. The molecule has 0 fully saturated rings. The molecule has 0 saturated carbocycles. The second-order valence-corrected chi connectivity index (χ2v) is 4.56. The molecule has 0 spiro atoms. The van der Waals surface area contributed by atoms with Gasteiger partial charge in [0.25, 0.3) is 0 Å². The fourth-order valence-corrected chi connectivity index (χ4v) is 2.27. The van der Waals surface area contributed by atoms with Crippen molar-refractivity contribution in [3.63, 3.8) is 0 Å². The molecular formula is C15H18N2O4. The number of carboxylic acids is 1. The third kappa shape index (κ3) is 2.69. The van der Waals surface area contributed by atoms with Gasteiger partial charge in [0.05, 0.1) is 19.9 Å². The Kier molecular flexibility index (Phi) is 4.16. The first-order valence-corrected chi connectivity index (χ1v) is 6.54. The zero-order valence-electron chi connectivity index (χ0n) is 12.5. The van der Waals surface area contributed by atoms with E-state index in [-0.39, 0.29) is 5.69 Å². The first-order chi connectivity index (χ1) is 10.0. The van der Waals surface area contributed by atoms with E-state index in [1.807, 2.05) is 19.1 Å². The maximum Gasteiger partial charge on any atom is 0.356 e. The minimum absolute atomic E-state index is 0.00317. The summed E-state index contributed by atoms with van der Waals surface area (Å²) in [5.74, 6) is 0.308. The zero-order chi connectivity index (χ0) is 15.6. The van der Waals surface area contributed by atoms with Crippen LogP contribution in [0.15, 0.2) is 18.2 Å². The predicted octanol–water partition coefficient (Wildman–Crippen LogP) is 2.36. The average molecular weight is 290 g/mol. The van der Waals surface area contributed by atoms with Crippen LogP contribution in [0.2, 0.25) is 0 Å². The number of aromatic carboxylic acids is 1. The van der Waals surface area contributed by atoms with Crippen molar-refractivity contribution in [3.05, 3.63) is 29.5 Å². The predicted molar refractivity (Wildman–Crippen MR) is 78.1 cm³/mol. The lowest BCUT2D eigenvalue weighted by molar-refractivity contribution is 0.0689. The Labute approximate surface area is 122 Å². The van der Waals surface area contributed by atoms with E-state index in [1.165, 1.54) is 10.7 Å². The smallest absolute Gasteiger partial charge is 0.356 e. The van der Waals surface area contributed by atoms with Crippen molar-refractivity contribution in [1.82, 2.24) is 9.78 Å². The molecule has 1 N–H and O–H groups in total. The van der Waals surface area contributed by atoms with Crippen LogP contribution in [0.25, 0.3) is 11.3 Å². The monoisotopic (exact) mass is 290 g/mol. The number of nitrogens with zero attached hydrogens (tertiary/aromatic N) is 2. The van der Waals surface area contributed by atoms with Gasteiger partial charge >= 0.3 is 5.97 Å². The Morgan fingerprint density at radius 1 is 1.24 bits per heavy atom. The number of carboxylic acid groups (broad SMARTS) is 1. The van der Waals surface area contributed by atoms with Gasteiger partial charge in [0.1, 0.15) is 11.5 Å². The number of hydrogen-bond donors (Lipinski definition) is 1. The molecule has 21 heavy (non-hydrogen) atoms. The highest BCUT2D eigenvalue weighted by atomic mass is 16.5. The van der Waals surface area contributed by atoms with Crippen LogP contribution in [-0.2, 0) is 13.5 Å². The van der Waals surface area contributed by atoms with Gasteiger partial charge in [-0.2, -0.15) is 5.10 Å². The first kappa shape index (κ1) is 14.9. The number of hydrogen-bond acceptors (Lipinski definition) is 4. The highest BCUT2D eigenvalue weighted by Gasteiger charge is 2.18. The molecule has 2 rings (SSSR count). The lowest BCUT2D eigenvalue weighted by Crippen LogP contribution is -2.00. The van der Waals surface area contributed by atoms with Crippen LogP contribution >= 0.6 is 0 Å². The molecule has 1 aromatic carbocycles. The number of aromatic nitrogens is 2. The van der Waals surface area contributed by atoms with Crippen molar-refractivity contribution < 1.29 is 19.4 Å². The van der Waals surface area contributed by atoms with Gasteiger partial charge in [-0.05, 0) is 24.1 Å². The van der Waals surface area contributed by atoms with Gasteiger partial charge in [-0.1, -0.05) is 6.92 Å². The Morgan fingerprint density at radius 2 is 1.90 bits per heavy atom. The summed E-state index contributed by atoms with van der Waals surface area (Å²) in [5.41, 5.74) is 2.49. The molecule has 0 amide bonds. The molecule has 0 radical (unpaired) electrons. The molecule has 2 aromatic rings.